The molecule has 4 nitrogen and oxygen atoms in total. The first-order chi connectivity index (χ1) is 9.16. The number of carbonyl (C=O) groups excluding carboxylic acids is 2. The molecule has 1 aliphatic rings. The summed E-state index contributed by atoms with van der Waals surface area (Å²) < 4.78 is 0.945. The van der Waals surface area contributed by atoms with Crippen LogP contribution in [0, 0.1) is 0 Å². The van der Waals surface area contributed by atoms with Crippen LogP contribution in [0.25, 0.3) is 0 Å². The van der Waals surface area contributed by atoms with Crippen molar-refractivity contribution >= 4 is 39.1 Å². The van der Waals surface area contributed by atoms with Gasteiger partial charge in [0.2, 0.25) is 5.91 Å². The van der Waals surface area contributed by atoms with E-state index in [0.717, 1.165) is 29.6 Å². The number of carbonyl (C=O) groups is 2. The fourth-order valence-corrected chi connectivity index (χ4v) is 3.41. The molecule has 104 valence electrons. The molecule has 2 amide bonds. The predicted molar refractivity (Wildman–Crippen MR) is 79.4 cm³/mol. The van der Waals surface area contributed by atoms with E-state index in [9.17, 15) is 9.59 Å². The van der Waals surface area contributed by atoms with E-state index in [4.69, 9.17) is 0 Å². The van der Waals surface area contributed by atoms with E-state index in [1.54, 1.807) is 6.07 Å². The maximum Gasteiger partial charge on any atom is 0.261 e. The summed E-state index contributed by atoms with van der Waals surface area (Å²) >= 11 is 4.74. The lowest BCUT2D eigenvalue weighted by Crippen LogP contribution is -2.38. The van der Waals surface area contributed by atoms with E-state index < -0.39 is 0 Å². The van der Waals surface area contributed by atoms with Gasteiger partial charge in [0.05, 0.1) is 8.66 Å². The molecule has 19 heavy (non-hydrogen) atoms. The first kappa shape index (κ1) is 14.5. The van der Waals surface area contributed by atoms with Crippen LogP contribution in [0.5, 0.6) is 0 Å². The highest BCUT2D eigenvalue weighted by atomic mass is 79.9. The third-order valence-corrected chi connectivity index (χ3v) is 4.76. The lowest BCUT2D eigenvalue weighted by atomic mass is 10.2. The molecule has 2 rings (SSSR count). The molecule has 0 bridgehead atoms. The van der Waals surface area contributed by atoms with Gasteiger partial charge in [0.25, 0.3) is 5.91 Å². The topological polar surface area (TPSA) is 49.4 Å². The smallest absolute Gasteiger partial charge is 0.261 e. The van der Waals surface area contributed by atoms with Crippen molar-refractivity contribution in [3.05, 3.63) is 20.8 Å². The highest BCUT2D eigenvalue weighted by molar-refractivity contribution is 9.11. The zero-order valence-electron chi connectivity index (χ0n) is 10.7. The normalized spacial score (nSPS) is 16.3. The van der Waals surface area contributed by atoms with Crippen molar-refractivity contribution in [1.29, 1.82) is 0 Å². The summed E-state index contributed by atoms with van der Waals surface area (Å²) in [5.41, 5.74) is 0. The Labute approximate surface area is 125 Å². The first-order valence-electron chi connectivity index (χ1n) is 6.48. The number of nitrogens with one attached hydrogen (secondary N) is 1. The van der Waals surface area contributed by atoms with E-state index in [-0.39, 0.29) is 11.8 Å². The lowest BCUT2D eigenvalue weighted by molar-refractivity contribution is -0.130. The zero-order chi connectivity index (χ0) is 13.7. The van der Waals surface area contributed by atoms with Crippen molar-refractivity contribution in [1.82, 2.24) is 10.2 Å². The second-order valence-corrected chi connectivity index (χ2v) is 7.01. The summed E-state index contributed by atoms with van der Waals surface area (Å²) in [6.07, 6.45) is 3.83. The van der Waals surface area contributed by atoms with Gasteiger partial charge in [0, 0.05) is 26.1 Å². The fraction of sp³-hybridized carbons (Fsp3) is 0.538. The van der Waals surface area contributed by atoms with E-state index in [2.05, 4.69) is 21.2 Å². The van der Waals surface area contributed by atoms with Gasteiger partial charge in [-0.25, -0.2) is 0 Å². The minimum absolute atomic E-state index is 0.0713. The minimum Gasteiger partial charge on any atom is -0.350 e. The van der Waals surface area contributed by atoms with E-state index in [1.807, 2.05) is 11.0 Å². The molecule has 1 aliphatic heterocycles. The second kappa shape index (κ2) is 7.05. The van der Waals surface area contributed by atoms with Gasteiger partial charge in [0.1, 0.15) is 0 Å². The van der Waals surface area contributed by atoms with Gasteiger partial charge in [-0.2, -0.15) is 0 Å². The Hall–Kier alpha value is -0.880. The van der Waals surface area contributed by atoms with Crippen LogP contribution in [0.3, 0.4) is 0 Å². The maximum atomic E-state index is 11.8. The molecule has 0 unspecified atom stereocenters. The monoisotopic (exact) mass is 344 g/mol. The molecule has 0 radical (unpaired) electrons. The summed E-state index contributed by atoms with van der Waals surface area (Å²) in [7, 11) is 0. The van der Waals surface area contributed by atoms with Gasteiger partial charge >= 0.3 is 0 Å². The summed E-state index contributed by atoms with van der Waals surface area (Å²) in [6, 6.07) is 3.65. The highest BCUT2D eigenvalue weighted by Gasteiger charge is 2.16. The number of rotatable bonds is 4. The Balaban J connectivity index is 1.76. The fourth-order valence-electron chi connectivity index (χ4n) is 2.10. The first-order valence-corrected chi connectivity index (χ1v) is 8.09. The predicted octanol–water partition coefficient (Wildman–Crippen LogP) is 2.64. The quantitative estimate of drug-likeness (QED) is 0.912. The number of thiophene rings is 1. The molecule has 0 aliphatic carbocycles. The number of likely N-dealkylation sites (tertiary alicyclic amines) is 1. The van der Waals surface area contributed by atoms with Crippen molar-refractivity contribution in [3.63, 3.8) is 0 Å². The third kappa shape index (κ3) is 4.31. The van der Waals surface area contributed by atoms with Crippen LogP contribution in [0.4, 0.5) is 0 Å². The SMILES string of the molecule is O=C(NCCN1CCCCCC1=O)c1ccc(Br)s1. The number of nitrogens with zero attached hydrogens (tertiary/aromatic N) is 1. The number of hydrogen-bond donors (Lipinski definition) is 1. The van der Waals surface area contributed by atoms with Crippen molar-refractivity contribution in [2.75, 3.05) is 19.6 Å². The molecule has 1 saturated heterocycles. The van der Waals surface area contributed by atoms with E-state index >= 15 is 0 Å². The van der Waals surface area contributed by atoms with E-state index in [1.165, 1.54) is 11.3 Å². The Bertz CT molecular complexity index is 461. The Morgan fingerprint density at radius 3 is 2.95 bits per heavy atom. The molecule has 1 N–H and O–H groups in total. The zero-order valence-corrected chi connectivity index (χ0v) is 13.1. The molecule has 0 atom stereocenters. The number of amides is 2. The standard InChI is InChI=1S/C13H17BrN2O2S/c14-11-6-5-10(19-11)13(18)15-7-9-16-8-3-1-2-4-12(16)17/h5-6H,1-4,7-9H2,(H,15,18). The Morgan fingerprint density at radius 1 is 1.37 bits per heavy atom. The van der Waals surface area contributed by atoms with Crippen LogP contribution in [-0.2, 0) is 4.79 Å². The molecule has 0 aromatic carbocycles. The maximum absolute atomic E-state index is 11.8. The molecular weight excluding hydrogens is 328 g/mol. The second-order valence-electron chi connectivity index (χ2n) is 4.55. The Kier molecular flexibility index (Phi) is 5.39. The van der Waals surface area contributed by atoms with Gasteiger partial charge in [-0.3, -0.25) is 9.59 Å². The molecule has 0 spiro atoms. The summed E-state index contributed by atoms with van der Waals surface area (Å²) in [4.78, 5) is 26.1. The Morgan fingerprint density at radius 2 is 2.21 bits per heavy atom. The summed E-state index contributed by atoms with van der Waals surface area (Å²) in [6.45, 7) is 1.94. The molecule has 0 saturated carbocycles. The minimum atomic E-state index is -0.0713. The van der Waals surface area contributed by atoms with E-state index in [0.29, 0.717) is 24.4 Å². The van der Waals surface area contributed by atoms with Gasteiger partial charge in [-0.1, -0.05) is 6.42 Å². The molecule has 6 heteroatoms. The van der Waals surface area contributed by atoms with Gasteiger partial charge in [0.15, 0.2) is 0 Å². The van der Waals surface area contributed by atoms with Crippen molar-refractivity contribution in [3.8, 4) is 0 Å². The summed E-state index contributed by atoms with van der Waals surface area (Å²) in [5.74, 6) is 0.142. The van der Waals surface area contributed by atoms with Crippen LogP contribution in [0.2, 0.25) is 0 Å². The van der Waals surface area contributed by atoms with Crippen LogP contribution >= 0.6 is 27.3 Å². The van der Waals surface area contributed by atoms with Crippen LogP contribution in [-0.4, -0.2) is 36.3 Å². The average molecular weight is 345 g/mol. The van der Waals surface area contributed by atoms with Crippen LogP contribution in [0.1, 0.15) is 35.4 Å². The molecular formula is C13H17BrN2O2S. The summed E-state index contributed by atoms with van der Waals surface area (Å²) in [5, 5.41) is 2.86. The van der Waals surface area contributed by atoms with Crippen molar-refractivity contribution in [2.24, 2.45) is 0 Å². The lowest BCUT2D eigenvalue weighted by Gasteiger charge is -2.20. The molecule has 1 aromatic heterocycles. The average Bonchev–Trinajstić information content (AvgIpc) is 2.72. The van der Waals surface area contributed by atoms with Crippen LogP contribution < -0.4 is 5.32 Å². The van der Waals surface area contributed by atoms with Gasteiger partial charge < -0.3 is 10.2 Å². The highest BCUT2D eigenvalue weighted by Crippen LogP contribution is 2.21. The van der Waals surface area contributed by atoms with Gasteiger partial charge in [-0.05, 0) is 40.9 Å². The number of halogens is 1. The third-order valence-electron chi connectivity index (χ3n) is 3.14. The van der Waals surface area contributed by atoms with Crippen molar-refractivity contribution < 1.29 is 9.59 Å². The molecule has 2 heterocycles. The number of hydrogen-bond acceptors (Lipinski definition) is 3. The van der Waals surface area contributed by atoms with Crippen LogP contribution in [0.15, 0.2) is 15.9 Å². The molecule has 1 fully saturated rings. The van der Waals surface area contributed by atoms with Crippen molar-refractivity contribution in [2.45, 2.75) is 25.7 Å². The van der Waals surface area contributed by atoms with Gasteiger partial charge in [-0.15, -0.1) is 11.3 Å². The largest absolute Gasteiger partial charge is 0.350 e. The molecule has 1 aromatic rings.